The SMILES string of the molecule is CCOc1ccccc1C(=O)c1c(Cl)cccc1Cl. The van der Waals surface area contributed by atoms with Crippen molar-refractivity contribution in [2.75, 3.05) is 6.61 Å². The van der Waals surface area contributed by atoms with Crippen molar-refractivity contribution >= 4 is 29.0 Å². The van der Waals surface area contributed by atoms with Crippen LogP contribution in [0.1, 0.15) is 22.8 Å². The zero-order valence-electron chi connectivity index (χ0n) is 10.3. The summed E-state index contributed by atoms with van der Waals surface area (Å²) in [5.41, 5.74) is 0.761. The molecule has 0 heterocycles. The second-order valence-corrected chi connectivity index (χ2v) is 4.67. The second kappa shape index (κ2) is 6.09. The molecule has 0 saturated carbocycles. The van der Waals surface area contributed by atoms with Crippen LogP contribution in [-0.2, 0) is 0 Å². The summed E-state index contributed by atoms with van der Waals surface area (Å²) in [6.07, 6.45) is 0. The number of ether oxygens (including phenoxy) is 1. The molecule has 0 amide bonds. The van der Waals surface area contributed by atoms with Crippen molar-refractivity contribution < 1.29 is 9.53 Å². The van der Waals surface area contributed by atoms with E-state index in [1.807, 2.05) is 13.0 Å². The Morgan fingerprint density at radius 3 is 2.32 bits per heavy atom. The fourth-order valence-electron chi connectivity index (χ4n) is 1.79. The summed E-state index contributed by atoms with van der Waals surface area (Å²) in [6, 6.07) is 12.0. The normalized spacial score (nSPS) is 10.3. The third-order valence-electron chi connectivity index (χ3n) is 2.62. The molecule has 0 atom stereocenters. The monoisotopic (exact) mass is 294 g/mol. The van der Waals surface area contributed by atoms with Crippen LogP contribution in [0.25, 0.3) is 0 Å². The summed E-state index contributed by atoms with van der Waals surface area (Å²) in [4.78, 5) is 12.5. The molecule has 0 aromatic heterocycles. The number of benzene rings is 2. The summed E-state index contributed by atoms with van der Waals surface area (Å²) in [7, 11) is 0. The van der Waals surface area contributed by atoms with Gasteiger partial charge >= 0.3 is 0 Å². The van der Waals surface area contributed by atoms with E-state index in [2.05, 4.69) is 0 Å². The van der Waals surface area contributed by atoms with E-state index in [-0.39, 0.29) is 5.78 Å². The van der Waals surface area contributed by atoms with Gasteiger partial charge in [0.15, 0.2) is 5.78 Å². The molecule has 0 unspecified atom stereocenters. The van der Waals surface area contributed by atoms with Gasteiger partial charge in [-0.05, 0) is 31.2 Å². The Morgan fingerprint density at radius 1 is 1.05 bits per heavy atom. The zero-order valence-corrected chi connectivity index (χ0v) is 11.8. The predicted molar refractivity (Wildman–Crippen MR) is 77.5 cm³/mol. The third-order valence-corrected chi connectivity index (χ3v) is 3.25. The Hall–Kier alpha value is -1.51. The molecule has 0 saturated heterocycles. The largest absolute Gasteiger partial charge is 0.493 e. The van der Waals surface area contributed by atoms with Crippen molar-refractivity contribution in [3.05, 3.63) is 63.6 Å². The number of carbonyl (C=O) groups is 1. The van der Waals surface area contributed by atoms with Gasteiger partial charge in [-0.2, -0.15) is 0 Å². The summed E-state index contributed by atoms with van der Waals surface area (Å²) in [5, 5.41) is 0.674. The molecule has 0 spiro atoms. The van der Waals surface area contributed by atoms with Crippen molar-refractivity contribution in [3.8, 4) is 5.75 Å². The maximum absolute atomic E-state index is 12.5. The average Bonchev–Trinajstić information content (AvgIpc) is 2.39. The lowest BCUT2D eigenvalue weighted by Gasteiger charge is -2.10. The van der Waals surface area contributed by atoms with Crippen molar-refractivity contribution in [2.24, 2.45) is 0 Å². The number of para-hydroxylation sites is 1. The van der Waals surface area contributed by atoms with Crippen molar-refractivity contribution in [2.45, 2.75) is 6.92 Å². The van der Waals surface area contributed by atoms with Crippen LogP contribution in [0, 0.1) is 0 Å². The first-order chi connectivity index (χ1) is 9.15. The second-order valence-electron chi connectivity index (χ2n) is 3.85. The molecular weight excluding hydrogens is 283 g/mol. The molecule has 0 fully saturated rings. The van der Waals surface area contributed by atoms with Gasteiger partial charge in [0.2, 0.25) is 0 Å². The summed E-state index contributed by atoms with van der Waals surface area (Å²) in [6.45, 7) is 2.35. The molecule has 19 heavy (non-hydrogen) atoms. The van der Waals surface area contributed by atoms with Gasteiger partial charge < -0.3 is 4.74 Å². The van der Waals surface area contributed by atoms with Crippen molar-refractivity contribution in [1.29, 1.82) is 0 Å². The number of hydrogen-bond donors (Lipinski definition) is 0. The van der Waals surface area contributed by atoms with E-state index >= 15 is 0 Å². The topological polar surface area (TPSA) is 26.3 Å². The fraction of sp³-hybridized carbons (Fsp3) is 0.133. The molecule has 0 N–H and O–H groups in total. The lowest BCUT2D eigenvalue weighted by atomic mass is 10.0. The molecule has 0 bridgehead atoms. The van der Waals surface area contributed by atoms with E-state index in [0.717, 1.165) is 0 Å². The molecular formula is C15H12Cl2O2. The molecule has 2 aromatic rings. The third kappa shape index (κ3) is 2.91. The van der Waals surface area contributed by atoms with Gasteiger partial charge in [0.25, 0.3) is 0 Å². The highest BCUT2D eigenvalue weighted by Crippen LogP contribution is 2.30. The molecule has 4 heteroatoms. The number of ketones is 1. The highest BCUT2D eigenvalue weighted by Gasteiger charge is 2.19. The maximum atomic E-state index is 12.5. The molecule has 0 radical (unpaired) electrons. The Balaban J connectivity index is 2.50. The minimum atomic E-state index is -0.236. The number of halogens is 2. The van der Waals surface area contributed by atoms with Crippen LogP contribution in [0.3, 0.4) is 0 Å². The van der Waals surface area contributed by atoms with Crippen LogP contribution < -0.4 is 4.74 Å². The van der Waals surface area contributed by atoms with Crippen LogP contribution >= 0.6 is 23.2 Å². The van der Waals surface area contributed by atoms with Gasteiger partial charge in [-0.3, -0.25) is 4.79 Å². The minimum Gasteiger partial charge on any atom is -0.493 e. The van der Waals surface area contributed by atoms with Crippen molar-refractivity contribution in [3.63, 3.8) is 0 Å². The molecule has 2 rings (SSSR count). The van der Waals surface area contributed by atoms with E-state index in [1.54, 1.807) is 36.4 Å². The lowest BCUT2D eigenvalue weighted by molar-refractivity contribution is 0.103. The van der Waals surface area contributed by atoms with E-state index in [4.69, 9.17) is 27.9 Å². The first kappa shape index (κ1) is 13.9. The maximum Gasteiger partial charge on any atom is 0.199 e. The standard InChI is InChI=1S/C15H12Cl2O2/c1-2-19-13-9-4-3-6-10(13)15(18)14-11(16)7-5-8-12(14)17/h3-9H,2H2,1H3. The summed E-state index contributed by atoms with van der Waals surface area (Å²) in [5.74, 6) is 0.297. The first-order valence-electron chi connectivity index (χ1n) is 5.85. The Bertz CT molecular complexity index is 589. The van der Waals surface area contributed by atoms with E-state index in [1.165, 1.54) is 0 Å². The number of rotatable bonds is 4. The highest BCUT2D eigenvalue weighted by molar-refractivity contribution is 6.41. The number of carbonyl (C=O) groups excluding carboxylic acids is 1. The van der Waals surface area contributed by atoms with Crippen LogP contribution in [-0.4, -0.2) is 12.4 Å². The predicted octanol–water partition coefficient (Wildman–Crippen LogP) is 4.62. The van der Waals surface area contributed by atoms with Crippen LogP contribution in [0.2, 0.25) is 10.0 Å². The molecule has 98 valence electrons. The van der Waals surface area contributed by atoms with Crippen LogP contribution in [0.15, 0.2) is 42.5 Å². The molecule has 0 aliphatic carbocycles. The van der Waals surface area contributed by atoms with E-state index in [0.29, 0.717) is 33.5 Å². The summed E-state index contributed by atoms with van der Waals surface area (Å²) < 4.78 is 5.45. The molecule has 2 nitrogen and oxygen atoms in total. The van der Waals surface area contributed by atoms with Gasteiger partial charge in [-0.15, -0.1) is 0 Å². The Kier molecular flexibility index (Phi) is 4.46. The van der Waals surface area contributed by atoms with Crippen molar-refractivity contribution in [1.82, 2.24) is 0 Å². The Labute approximate surface area is 121 Å². The quantitative estimate of drug-likeness (QED) is 0.769. The summed E-state index contributed by atoms with van der Waals surface area (Å²) >= 11 is 12.1. The van der Waals surface area contributed by atoms with Gasteiger partial charge in [0.05, 0.1) is 27.8 Å². The van der Waals surface area contributed by atoms with Crippen LogP contribution in [0.4, 0.5) is 0 Å². The smallest absolute Gasteiger partial charge is 0.199 e. The van der Waals surface area contributed by atoms with E-state index < -0.39 is 0 Å². The molecule has 2 aromatic carbocycles. The van der Waals surface area contributed by atoms with E-state index in [9.17, 15) is 4.79 Å². The zero-order chi connectivity index (χ0) is 13.8. The molecule has 0 aliphatic rings. The average molecular weight is 295 g/mol. The number of hydrogen-bond acceptors (Lipinski definition) is 2. The fourth-order valence-corrected chi connectivity index (χ4v) is 2.35. The van der Waals surface area contributed by atoms with Crippen LogP contribution in [0.5, 0.6) is 5.75 Å². The lowest BCUT2D eigenvalue weighted by Crippen LogP contribution is -2.06. The Morgan fingerprint density at radius 2 is 1.68 bits per heavy atom. The highest BCUT2D eigenvalue weighted by atomic mass is 35.5. The molecule has 0 aliphatic heterocycles. The van der Waals surface area contributed by atoms with Gasteiger partial charge in [0.1, 0.15) is 5.75 Å². The van der Waals surface area contributed by atoms with Gasteiger partial charge in [0, 0.05) is 0 Å². The first-order valence-corrected chi connectivity index (χ1v) is 6.61. The van der Waals surface area contributed by atoms with Gasteiger partial charge in [-0.25, -0.2) is 0 Å². The minimum absolute atomic E-state index is 0.236. The van der Waals surface area contributed by atoms with Gasteiger partial charge in [-0.1, -0.05) is 41.4 Å².